The van der Waals surface area contributed by atoms with Crippen molar-refractivity contribution in [3.63, 3.8) is 0 Å². The summed E-state index contributed by atoms with van der Waals surface area (Å²) in [5.41, 5.74) is 7.30. The number of rotatable bonds is 9. The highest BCUT2D eigenvalue weighted by Gasteiger charge is 1.97. The van der Waals surface area contributed by atoms with Gasteiger partial charge in [0.25, 0.3) is 0 Å². The molecule has 0 aromatic heterocycles. The number of nitrogens with two attached hydrogens (primary N) is 1. The molecule has 0 heterocycles. The van der Waals surface area contributed by atoms with E-state index in [2.05, 4.69) is 26.8 Å². The first-order valence-corrected chi connectivity index (χ1v) is 6.57. The van der Waals surface area contributed by atoms with E-state index in [9.17, 15) is 0 Å². The van der Waals surface area contributed by atoms with Crippen LogP contribution in [-0.2, 0) is 0 Å². The average molecular weight is 211 g/mol. The lowest BCUT2D eigenvalue weighted by molar-refractivity contribution is 0.560. The number of hydrogen-bond acceptors (Lipinski definition) is 1. The van der Waals surface area contributed by atoms with Crippen molar-refractivity contribution in [2.75, 3.05) is 0 Å². The highest BCUT2D eigenvalue weighted by atomic mass is 14.6. The summed E-state index contributed by atoms with van der Waals surface area (Å²) in [5, 5.41) is 0. The van der Waals surface area contributed by atoms with E-state index in [1.54, 1.807) is 0 Å². The van der Waals surface area contributed by atoms with Crippen molar-refractivity contribution >= 4 is 0 Å². The third-order valence-corrected chi connectivity index (χ3v) is 2.69. The fourth-order valence-electron chi connectivity index (χ4n) is 1.85. The Balaban J connectivity index is 3.20. The lowest BCUT2D eigenvalue weighted by Gasteiger charge is -2.07. The summed E-state index contributed by atoms with van der Waals surface area (Å²) < 4.78 is 0. The molecule has 0 aliphatic heterocycles. The minimum atomic E-state index is 0.283. The van der Waals surface area contributed by atoms with Crippen LogP contribution in [0.4, 0.5) is 0 Å². The Morgan fingerprint density at radius 1 is 1.00 bits per heavy atom. The Kier molecular flexibility index (Phi) is 10.0. The molecule has 0 radical (unpaired) electrons. The Morgan fingerprint density at radius 3 is 2.07 bits per heavy atom. The van der Waals surface area contributed by atoms with E-state index in [0.717, 1.165) is 6.42 Å². The van der Waals surface area contributed by atoms with Crippen LogP contribution in [0.2, 0.25) is 0 Å². The molecule has 1 unspecified atom stereocenters. The summed E-state index contributed by atoms with van der Waals surface area (Å²) >= 11 is 0. The molecule has 0 amide bonds. The summed E-state index contributed by atoms with van der Waals surface area (Å²) in [5.74, 6) is 0. The molecule has 2 N–H and O–H groups in total. The molecule has 1 atom stereocenters. The lowest BCUT2D eigenvalue weighted by Crippen LogP contribution is -2.16. The van der Waals surface area contributed by atoms with Crippen LogP contribution in [0.15, 0.2) is 11.6 Å². The maximum Gasteiger partial charge on any atom is 0.0226 e. The Labute approximate surface area is 96.1 Å². The van der Waals surface area contributed by atoms with Gasteiger partial charge in [-0.05, 0) is 20.3 Å². The first kappa shape index (κ1) is 14.7. The fraction of sp³-hybridized carbons (Fsp3) is 0.857. The van der Waals surface area contributed by atoms with E-state index in [1.165, 1.54) is 50.5 Å². The van der Waals surface area contributed by atoms with Crippen molar-refractivity contribution in [1.82, 2.24) is 0 Å². The van der Waals surface area contributed by atoms with Gasteiger partial charge in [0, 0.05) is 6.04 Å². The van der Waals surface area contributed by atoms with Gasteiger partial charge in [-0.3, -0.25) is 0 Å². The quantitative estimate of drug-likeness (QED) is 0.443. The van der Waals surface area contributed by atoms with Crippen LogP contribution in [0.3, 0.4) is 0 Å². The first-order chi connectivity index (χ1) is 7.16. The molecule has 15 heavy (non-hydrogen) atoms. The minimum Gasteiger partial charge on any atom is -0.324 e. The maximum atomic E-state index is 5.96. The van der Waals surface area contributed by atoms with Gasteiger partial charge in [0.2, 0.25) is 0 Å². The highest BCUT2D eigenvalue weighted by Crippen LogP contribution is 2.10. The summed E-state index contributed by atoms with van der Waals surface area (Å²) in [4.78, 5) is 0. The Morgan fingerprint density at radius 2 is 1.53 bits per heavy atom. The van der Waals surface area contributed by atoms with Crippen molar-refractivity contribution in [1.29, 1.82) is 0 Å². The molecule has 0 spiro atoms. The zero-order chi connectivity index (χ0) is 11.5. The van der Waals surface area contributed by atoms with Gasteiger partial charge < -0.3 is 5.73 Å². The van der Waals surface area contributed by atoms with Crippen LogP contribution in [0.5, 0.6) is 0 Å². The average Bonchev–Trinajstić information content (AvgIpc) is 2.15. The predicted molar refractivity (Wildman–Crippen MR) is 70.0 cm³/mol. The fourth-order valence-corrected chi connectivity index (χ4v) is 1.85. The molecule has 0 bridgehead atoms. The van der Waals surface area contributed by atoms with E-state index in [-0.39, 0.29) is 6.04 Å². The number of hydrogen-bond donors (Lipinski definition) is 1. The number of unbranched alkanes of at least 4 members (excludes halogenated alkanes) is 6. The number of allylic oxidation sites excluding steroid dienone is 1. The van der Waals surface area contributed by atoms with Gasteiger partial charge in [0.15, 0.2) is 0 Å². The van der Waals surface area contributed by atoms with Gasteiger partial charge in [0.1, 0.15) is 0 Å². The van der Waals surface area contributed by atoms with Crippen LogP contribution in [0, 0.1) is 0 Å². The summed E-state index contributed by atoms with van der Waals surface area (Å²) in [7, 11) is 0. The largest absolute Gasteiger partial charge is 0.324 e. The van der Waals surface area contributed by atoms with Gasteiger partial charge in [-0.25, -0.2) is 0 Å². The Hall–Kier alpha value is -0.300. The summed E-state index contributed by atoms with van der Waals surface area (Å²) in [6, 6.07) is 0.283. The zero-order valence-electron chi connectivity index (χ0n) is 10.9. The smallest absolute Gasteiger partial charge is 0.0226 e. The van der Waals surface area contributed by atoms with Crippen LogP contribution in [-0.4, -0.2) is 6.04 Å². The standard InChI is InChI=1S/C14H29N/c1-4-5-6-7-8-9-10-11-14(15)12-13(2)3/h12,14H,4-11,15H2,1-3H3. The zero-order valence-corrected chi connectivity index (χ0v) is 10.9. The SMILES string of the molecule is CCCCCCCCCC(N)C=C(C)C. The van der Waals surface area contributed by atoms with Crippen molar-refractivity contribution in [3.8, 4) is 0 Å². The van der Waals surface area contributed by atoms with E-state index < -0.39 is 0 Å². The van der Waals surface area contributed by atoms with Gasteiger partial charge in [-0.2, -0.15) is 0 Å². The molecule has 0 aromatic carbocycles. The monoisotopic (exact) mass is 211 g/mol. The lowest BCUT2D eigenvalue weighted by atomic mass is 10.0. The molecule has 90 valence electrons. The van der Waals surface area contributed by atoms with Gasteiger partial charge in [-0.1, -0.05) is 63.5 Å². The molecule has 0 saturated heterocycles. The second kappa shape index (κ2) is 10.2. The molecule has 0 aliphatic rings. The topological polar surface area (TPSA) is 26.0 Å². The third kappa shape index (κ3) is 11.6. The van der Waals surface area contributed by atoms with E-state index in [4.69, 9.17) is 5.73 Å². The predicted octanol–water partition coefficient (Wildman–Crippen LogP) is 4.42. The normalized spacial score (nSPS) is 12.5. The van der Waals surface area contributed by atoms with Crippen LogP contribution in [0.1, 0.15) is 72.1 Å². The van der Waals surface area contributed by atoms with E-state index in [1.807, 2.05) is 0 Å². The molecule has 0 saturated carbocycles. The van der Waals surface area contributed by atoms with Crippen molar-refractivity contribution in [2.45, 2.75) is 78.2 Å². The molecule has 0 rings (SSSR count). The van der Waals surface area contributed by atoms with E-state index >= 15 is 0 Å². The van der Waals surface area contributed by atoms with Gasteiger partial charge in [0.05, 0.1) is 0 Å². The van der Waals surface area contributed by atoms with Crippen molar-refractivity contribution in [2.24, 2.45) is 5.73 Å². The van der Waals surface area contributed by atoms with E-state index in [0.29, 0.717) is 0 Å². The van der Waals surface area contributed by atoms with Crippen LogP contribution < -0.4 is 5.73 Å². The van der Waals surface area contributed by atoms with Gasteiger partial charge in [-0.15, -0.1) is 0 Å². The molecule has 0 aromatic rings. The highest BCUT2D eigenvalue weighted by molar-refractivity contribution is 4.99. The van der Waals surface area contributed by atoms with Crippen molar-refractivity contribution in [3.05, 3.63) is 11.6 Å². The van der Waals surface area contributed by atoms with Crippen LogP contribution >= 0.6 is 0 Å². The summed E-state index contributed by atoms with van der Waals surface area (Å²) in [6.07, 6.45) is 12.9. The summed E-state index contributed by atoms with van der Waals surface area (Å²) in [6.45, 7) is 6.49. The second-order valence-electron chi connectivity index (χ2n) is 4.82. The minimum absolute atomic E-state index is 0.283. The molecular weight excluding hydrogens is 182 g/mol. The second-order valence-corrected chi connectivity index (χ2v) is 4.82. The van der Waals surface area contributed by atoms with Crippen LogP contribution in [0.25, 0.3) is 0 Å². The third-order valence-electron chi connectivity index (χ3n) is 2.69. The molecule has 0 aliphatic carbocycles. The first-order valence-electron chi connectivity index (χ1n) is 6.57. The van der Waals surface area contributed by atoms with Crippen molar-refractivity contribution < 1.29 is 0 Å². The molecular formula is C14H29N. The molecule has 1 heteroatoms. The van der Waals surface area contributed by atoms with Gasteiger partial charge >= 0.3 is 0 Å². The maximum absolute atomic E-state index is 5.96. The molecule has 0 fully saturated rings. The Bertz CT molecular complexity index is 157. The molecule has 1 nitrogen and oxygen atoms in total.